The summed E-state index contributed by atoms with van der Waals surface area (Å²) in [6.45, 7) is 0.971. The first-order chi connectivity index (χ1) is 4.43. The minimum Gasteiger partial charge on any atom is -0.303 e. The highest BCUT2D eigenvalue weighted by molar-refractivity contribution is 5.50. The van der Waals surface area contributed by atoms with Gasteiger partial charge in [-0.05, 0) is 12.8 Å². The molecule has 9 heavy (non-hydrogen) atoms. The van der Waals surface area contributed by atoms with Gasteiger partial charge in [0.1, 0.15) is 6.29 Å². The Labute approximate surface area is 55.6 Å². The second-order valence-corrected chi connectivity index (χ2v) is 2.46. The maximum atomic E-state index is 10.0. The highest BCUT2D eigenvalue weighted by atomic mass is 16.1. The summed E-state index contributed by atoms with van der Waals surface area (Å²) >= 11 is 0. The molecule has 0 aromatic rings. The van der Waals surface area contributed by atoms with Gasteiger partial charge < -0.3 is 4.79 Å². The lowest BCUT2D eigenvalue weighted by Gasteiger charge is -2.18. The Morgan fingerprint density at radius 3 is 3.00 bits per heavy atom. The summed E-state index contributed by atoms with van der Waals surface area (Å²) in [7, 11) is 0. The van der Waals surface area contributed by atoms with Crippen molar-refractivity contribution in [1.82, 2.24) is 5.32 Å². The van der Waals surface area contributed by atoms with Crippen LogP contribution in [0.25, 0.3) is 0 Å². The van der Waals surface area contributed by atoms with Gasteiger partial charge in [0, 0.05) is 19.0 Å². The van der Waals surface area contributed by atoms with Gasteiger partial charge in [-0.15, -0.1) is 0 Å². The zero-order chi connectivity index (χ0) is 6.53. The minimum absolute atomic E-state index is 0.358. The number of rotatable bonds is 2. The van der Waals surface area contributed by atoms with Gasteiger partial charge in [0.05, 0.1) is 0 Å². The molecular formula is C7H12NO. The van der Waals surface area contributed by atoms with Crippen molar-refractivity contribution in [1.29, 1.82) is 0 Å². The van der Waals surface area contributed by atoms with Gasteiger partial charge in [0.15, 0.2) is 0 Å². The molecule has 0 amide bonds. The largest absolute Gasteiger partial charge is 0.303 e. The molecule has 1 saturated heterocycles. The van der Waals surface area contributed by atoms with Gasteiger partial charge >= 0.3 is 0 Å². The summed E-state index contributed by atoms with van der Waals surface area (Å²) in [6.07, 6.45) is 5.20. The van der Waals surface area contributed by atoms with Crippen LogP contribution in [0, 0.1) is 0 Å². The maximum absolute atomic E-state index is 10.0. The summed E-state index contributed by atoms with van der Waals surface area (Å²) in [5.41, 5.74) is 0. The Morgan fingerprint density at radius 2 is 2.44 bits per heavy atom. The first kappa shape index (κ1) is 6.75. The molecule has 1 radical (unpaired) electrons. The lowest BCUT2D eigenvalue weighted by atomic mass is 10.0. The summed E-state index contributed by atoms with van der Waals surface area (Å²) in [4.78, 5) is 10.0. The van der Waals surface area contributed by atoms with Gasteiger partial charge in [-0.3, -0.25) is 0 Å². The Balaban J connectivity index is 2.15. The summed E-state index contributed by atoms with van der Waals surface area (Å²) in [5.74, 6) is 0. The molecule has 1 aliphatic rings. The van der Waals surface area contributed by atoms with Crippen molar-refractivity contribution in [3.8, 4) is 0 Å². The molecule has 0 saturated carbocycles. The average Bonchev–Trinajstić information content (AvgIpc) is 1.91. The monoisotopic (exact) mass is 126 g/mol. The van der Waals surface area contributed by atoms with Crippen molar-refractivity contribution in [3.05, 3.63) is 0 Å². The lowest BCUT2D eigenvalue weighted by molar-refractivity contribution is -0.108. The van der Waals surface area contributed by atoms with Crippen molar-refractivity contribution in [3.63, 3.8) is 0 Å². The van der Waals surface area contributed by atoms with E-state index in [0.717, 1.165) is 19.3 Å². The van der Waals surface area contributed by atoms with Crippen LogP contribution in [0.2, 0.25) is 0 Å². The highest BCUT2D eigenvalue weighted by Crippen LogP contribution is 2.09. The van der Waals surface area contributed by atoms with Crippen LogP contribution < -0.4 is 5.32 Å². The molecule has 0 aromatic carbocycles. The quantitative estimate of drug-likeness (QED) is 0.502. The third-order valence-electron chi connectivity index (χ3n) is 1.70. The van der Waals surface area contributed by atoms with Crippen LogP contribution in [-0.2, 0) is 4.79 Å². The molecule has 0 aliphatic carbocycles. The van der Waals surface area contributed by atoms with E-state index >= 15 is 0 Å². The van der Waals surface area contributed by atoms with Gasteiger partial charge in [-0.1, -0.05) is 6.42 Å². The summed E-state index contributed by atoms with van der Waals surface area (Å²) in [5, 5.41) is 4.29. The topological polar surface area (TPSA) is 31.2 Å². The fourth-order valence-electron chi connectivity index (χ4n) is 1.16. The predicted molar refractivity (Wildman–Crippen MR) is 35.3 cm³/mol. The Hall–Kier alpha value is -0.370. The fourth-order valence-corrected chi connectivity index (χ4v) is 1.16. The van der Waals surface area contributed by atoms with E-state index in [4.69, 9.17) is 0 Å². The SMILES string of the molecule is O=CCC1CCCC[N]1. The molecule has 0 N–H and O–H groups in total. The first-order valence-corrected chi connectivity index (χ1v) is 3.53. The van der Waals surface area contributed by atoms with Crippen LogP contribution in [0.5, 0.6) is 0 Å². The Bertz CT molecular complexity index is 86.9. The van der Waals surface area contributed by atoms with Crippen molar-refractivity contribution in [2.45, 2.75) is 31.7 Å². The second kappa shape index (κ2) is 3.62. The molecule has 0 aromatic heterocycles. The molecule has 1 unspecified atom stereocenters. The number of hydrogen-bond acceptors (Lipinski definition) is 1. The number of carbonyl (C=O) groups is 1. The van der Waals surface area contributed by atoms with E-state index in [2.05, 4.69) is 5.32 Å². The second-order valence-electron chi connectivity index (χ2n) is 2.46. The van der Waals surface area contributed by atoms with Crippen molar-refractivity contribution in [2.24, 2.45) is 0 Å². The Kier molecular flexibility index (Phi) is 2.71. The van der Waals surface area contributed by atoms with E-state index in [9.17, 15) is 4.79 Å². The van der Waals surface area contributed by atoms with Crippen LogP contribution in [0.15, 0.2) is 0 Å². The van der Waals surface area contributed by atoms with Crippen molar-refractivity contribution in [2.75, 3.05) is 6.54 Å². The first-order valence-electron chi connectivity index (χ1n) is 3.53. The predicted octanol–water partition coefficient (Wildman–Crippen LogP) is 0.732. The van der Waals surface area contributed by atoms with E-state index < -0.39 is 0 Å². The van der Waals surface area contributed by atoms with Crippen molar-refractivity contribution >= 4 is 6.29 Å². The molecule has 1 rings (SSSR count). The smallest absolute Gasteiger partial charge is 0.121 e. The van der Waals surface area contributed by atoms with Gasteiger partial charge in [0.25, 0.3) is 0 Å². The van der Waals surface area contributed by atoms with E-state index in [1.54, 1.807) is 0 Å². The van der Waals surface area contributed by atoms with Crippen LogP contribution in [0.1, 0.15) is 25.7 Å². The van der Waals surface area contributed by atoms with Crippen LogP contribution in [-0.4, -0.2) is 18.9 Å². The Morgan fingerprint density at radius 1 is 1.56 bits per heavy atom. The lowest BCUT2D eigenvalue weighted by Crippen LogP contribution is -2.27. The molecule has 0 spiro atoms. The number of aldehydes is 1. The molecular weight excluding hydrogens is 114 g/mol. The van der Waals surface area contributed by atoms with Crippen LogP contribution in [0.3, 0.4) is 0 Å². The molecule has 1 atom stereocenters. The van der Waals surface area contributed by atoms with Gasteiger partial charge in [0.2, 0.25) is 0 Å². The van der Waals surface area contributed by atoms with E-state index in [1.807, 2.05) is 0 Å². The molecule has 1 heterocycles. The molecule has 1 fully saturated rings. The van der Waals surface area contributed by atoms with Crippen LogP contribution >= 0.6 is 0 Å². The number of carbonyl (C=O) groups excluding carboxylic acids is 1. The fraction of sp³-hybridized carbons (Fsp3) is 0.857. The third kappa shape index (κ3) is 2.14. The van der Waals surface area contributed by atoms with Crippen molar-refractivity contribution < 1.29 is 4.79 Å². The number of piperidine rings is 1. The molecule has 2 heteroatoms. The molecule has 1 aliphatic heterocycles. The van der Waals surface area contributed by atoms with Crippen LogP contribution in [0.4, 0.5) is 0 Å². The zero-order valence-electron chi connectivity index (χ0n) is 5.55. The standard InChI is InChI=1S/C7H12NO/c9-6-4-7-3-1-2-5-8-7/h6-7H,1-5H2. The normalized spacial score (nSPS) is 27.8. The van der Waals surface area contributed by atoms with Gasteiger partial charge in [-0.25, -0.2) is 5.32 Å². The minimum atomic E-state index is 0.358. The highest BCUT2D eigenvalue weighted by Gasteiger charge is 2.11. The molecule has 2 nitrogen and oxygen atoms in total. The number of hydrogen-bond donors (Lipinski definition) is 0. The molecule has 0 bridgehead atoms. The third-order valence-corrected chi connectivity index (χ3v) is 1.70. The molecule has 51 valence electrons. The maximum Gasteiger partial charge on any atom is 0.121 e. The zero-order valence-corrected chi connectivity index (χ0v) is 5.55. The van der Waals surface area contributed by atoms with E-state index in [0.29, 0.717) is 12.5 Å². The summed E-state index contributed by atoms with van der Waals surface area (Å²) in [6, 6.07) is 0.358. The average molecular weight is 126 g/mol. The summed E-state index contributed by atoms with van der Waals surface area (Å²) < 4.78 is 0. The van der Waals surface area contributed by atoms with E-state index in [-0.39, 0.29) is 0 Å². The van der Waals surface area contributed by atoms with Gasteiger partial charge in [-0.2, -0.15) is 0 Å². The number of nitrogens with zero attached hydrogens (tertiary/aromatic N) is 1. The van der Waals surface area contributed by atoms with E-state index in [1.165, 1.54) is 12.8 Å².